The van der Waals surface area contributed by atoms with Crippen molar-refractivity contribution in [2.45, 2.75) is 39.2 Å². The molecule has 3 rings (SSSR count). The van der Waals surface area contributed by atoms with Crippen molar-refractivity contribution in [3.05, 3.63) is 59.2 Å². The first-order valence-corrected chi connectivity index (χ1v) is 9.98. The van der Waals surface area contributed by atoms with Gasteiger partial charge in [-0.2, -0.15) is 0 Å². The molecule has 1 aliphatic rings. The molecule has 1 amide bonds. The van der Waals surface area contributed by atoms with E-state index in [9.17, 15) is 14.4 Å². The molecule has 0 aromatic heterocycles. The number of hydrogen-bond donors (Lipinski definition) is 1. The van der Waals surface area contributed by atoms with Crippen LogP contribution in [0.3, 0.4) is 0 Å². The Kier molecular flexibility index (Phi) is 7.43. The highest BCUT2D eigenvalue weighted by Gasteiger charge is 2.14. The van der Waals surface area contributed by atoms with Crippen molar-refractivity contribution in [3.63, 3.8) is 0 Å². The van der Waals surface area contributed by atoms with Crippen LogP contribution in [0.5, 0.6) is 11.5 Å². The highest BCUT2D eigenvalue weighted by Crippen LogP contribution is 2.32. The second-order valence-electron chi connectivity index (χ2n) is 7.00. The van der Waals surface area contributed by atoms with E-state index < -0.39 is 11.9 Å². The van der Waals surface area contributed by atoms with Gasteiger partial charge in [0.05, 0.1) is 6.42 Å². The molecule has 158 valence electrons. The highest BCUT2D eigenvalue weighted by atomic mass is 16.7. The molecule has 1 heterocycles. The second-order valence-corrected chi connectivity index (χ2v) is 7.00. The summed E-state index contributed by atoms with van der Waals surface area (Å²) >= 11 is 0. The topological polar surface area (TPSA) is 90.9 Å². The van der Waals surface area contributed by atoms with E-state index in [1.165, 1.54) is 5.56 Å². The van der Waals surface area contributed by atoms with Gasteiger partial charge >= 0.3 is 5.97 Å². The van der Waals surface area contributed by atoms with E-state index in [4.69, 9.17) is 14.2 Å². The van der Waals surface area contributed by atoms with Crippen molar-refractivity contribution in [3.8, 4) is 11.5 Å². The molecule has 0 saturated carbocycles. The van der Waals surface area contributed by atoms with Crippen LogP contribution in [0.15, 0.2) is 42.5 Å². The minimum Gasteiger partial charge on any atom is -0.456 e. The van der Waals surface area contributed by atoms with Gasteiger partial charge in [-0.1, -0.05) is 43.7 Å². The lowest BCUT2D eigenvalue weighted by atomic mass is 10.0. The average molecular weight is 411 g/mol. The minimum absolute atomic E-state index is 0.0464. The molecular formula is C23H25NO6. The van der Waals surface area contributed by atoms with Crippen molar-refractivity contribution >= 4 is 17.7 Å². The van der Waals surface area contributed by atoms with E-state index in [0.29, 0.717) is 17.1 Å². The molecule has 7 nitrogen and oxygen atoms in total. The summed E-state index contributed by atoms with van der Waals surface area (Å²) in [7, 11) is 0. The third-order valence-corrected chi connectivity index (χ3v) is 4.66. The van der Waals surface area contributed by atoms with Crippen molar-refractivity contribution in [2.24, 2.45) is 0 Å². The fourth-order valence-corrected chi connectivity index (χ4v) is 3.03. The molecule has 1 aliphatic heterocycles. The fraction of sp³-hybridized carbons (Fsp3) is 0.348. The zero-order chi connectivity index (χ0) is 21.3. The molecule has 0 saturated heterocycles. The standard InChI is InChI=1S/C23H25NO6/c1-2-3-16-4-7-18(8-5-16)19(25)9-11-23(27)28-14-22(26)24-13-17-6-10-20-21(12-17)30-15-29-20/h4-8,10,12H,2-3,9,11,13-15H2,1H3,(H,24,26). The third kappa shape index (κ3) is 6.07. The highest BCUT2D eigenvalue weighted by molar-refractivity contribution is 5.97. The van der Waals surface area contributed by atoms with Gasteiger partial charge in [0.25, 0.3) is 5.91 Å². The number of benzene rings is 2. The largest absolute Gasteiger partial charge is 0.456 e. The molecule has 2 aromatic rings. The van der Waals surface area contributed by atoms with Crippen LogP contribution in [0.1, 0.15) is 47.7 Å². The molecule has 0 aliphatic carbocycles. The number of Topliss-reactive ketones (excluding diaryl/α,β-unsaturated/α-hetero) is 1. The number of aryl methyl sites for hydroxylation is 1. The summed E-state index contributed by atoms with van der Waals surface area (Å²) in [6.07, 6.45) is 2.00. The zero-order valence-corrected chi connectivity index (χ0v) is 16.9. The van der Waals surface area contributed by atoms with Gasteiger partial charge < -0.3 is 19.5 Å². The van der Waals surface area contributed by atoms with E-state index in [0.717, 1.165) is 18.4 Å². The van der Waals surface area contributed by atoms with Crippen LogP contribution in [0.25, 0.3) is 0 Å². The molecule has 0 bridgehead atoms. The summed E-state index contributed by atoms with van der Waals surface area (Å²) in [5.41, 5.74) is 2.60. The van der Waals surface area contributed by atoms with Gasteiger partial charge in [-0.15, -0.1) is 0 Å². The first kappa shape index (κ1) is 21.4. The predicted octanol–water partition coefficient (Wildman–Crippen LogP) is 3.19. The summed E-state index contributed by atoms with van der Waals surface area (Å²) < 4.78 is 15.5. The average Bonchev–Trinajstić information content (AvgIpc) is 3.23. The Morgan fingerprint density at radius 2 is 1.70 bits per heavy atom. The van der Waals surface area contributed by atoms with Crippen LogP contribution in [-0.2, 0) is 27.3 Å². The van der Waals surface area contributed by atoms with Gasteiger partial charge in [-0.3, -0.25) is 14.4 Å². The Labute approximate surface area is 175 Å². The maximum Gasteiger partial charge on any atom is 0.306 e. The van der Waals surface area contributed by atoms with E-state index >= 15 is 0 Å². The van der Waals surface area contributed by atoms with E-state index in [-0.39, 0.29) is 38.6 Å². The number of fused-ring (bicyclic) bond motifs is 1. The number of nitrogens with one attached hydrogen (secondary N) is 1. The molecule has 0 fully saturated rings. The lowest BCUT2D eigenvalue weighted by molar-refractivity contribution is -0.148. The summed E-state index contributed by atoms with van der Waals surface area (Å²) in [5, 5.41) is 2.67. The minimum atomic E-state index is -0.579. The Balaban J connectivity index is 1.34. The maximum absolute atomic E-state index is 12.2. The van der Waals surface area contributed by atoms with E-state index in [2.05, 4.69) is 12.2 Å². The van der Waals surface area contributed by atoms with Gasteiger partial charge in [-0.05, 0) is 29.7 Å². The monoisotopic (exact) mass is 411 g/mol. The molecule has 0 radical (unpaired) electrons. The molecule has 30 heavy (non-hydrogen) atoms. The zero-order valence-electron chi connectivity index (χ0n) is 16.9. The van der Waals surface area contributed by atoms with Crippen LogP contribution < -0.4 is 14.8 Å². The summed E-state index contributed by atoms with van der Waals surface area (Å²) in [6, 6.07) is 12.8. The number of carbonyl (C=O) groups is 3. The molecule has 0 atom stereocenters. The number of ether oxygens (including phenoxy) is 3. The van der Waals surface area contributed by atoms with Crippen LogP contribution in [0, 0.1) is 0 Å². The normalized spacial score (nSPS) is 11.8. The number of ketones is 1. The summed E-state index contributed by atoms with van der Waals surface area (Å²) in [6.45, 7) is 2.18. The van der Waals surface area contributed by atoms with Crippen molar-refractivity contribution in [1.29, 1.82) is 0 Å². The molecule has 0 unspecified atom stereocenters. The van der Waals surface area contributed by atoms with Gasteiger partial charge in [0.15, 0.2) is 23.9 Å². The van der Waals surface area contributed by atoms with Gasteiger partial charge in [0, 0.05) is 18.5 Å². The smallest absolute Gasteiger partial charge is 0.306 e. The fourth-order valence-electron chi connectivity index (χ4n) is 3.03. The van der Waals surface area contributed by atoms with Gasteiger partial charge in [0.1, 0.15) is 0 Å². The number of hydrogen-bond acceptors (Lipinski definition) is 6. The van der Waals surface area contributed by atoms with Crippen LogP contribution in [0.4, 0.5) is 0 Å². The first-order valence-electron chi connectivity index (χ1n) is 9.98. The number of esters is 1. The molecule has 7 heteroatoms. The van der Waals surface area contributed by atoms with Gasteiger partial charge in [-0.25, -0.2) is 0 Å². The molecular weight excluding hydrogens is 386 g/mol. The SMILES string of the molecule is CCCc1ccc(C(=O)CCC(=O)OCC(=O)NCc2ccc3c(c2)OCO3)cc1. The summed E-state index contributed by atoms with van der Waals surface area (Å²) in [4.78, 5) is 35.9. The number of rotatable bonds is 10. The quantitative estimate of drug-likeness (QED) is 0.477. The van der Waals surface area contributed by atoms with Crippen LogP contribution in [-0.4, -0.2) is 31.1 Å². The van der Waals surface area contributed by atoms with Crippen molar-refractivity contribution in [2.75, 3.05) is 13.4 Å². The van der Waals surface area contributed by atoms with E-state index in [1.807, 2.05) is 18.2 Å². The number of carbonyl (C=O) groups excluding carboxylic acids is 3. The molecule has 2 aromatic carbocycles. The maximum atomic E-state index is 12.2. The van der Waals surface area contributed by atoms with Crippen LogP contribution in [0.2, 0.25) is 0 Å². The number of amides is 1. The lowest BCUT2D eigenvalue weighted by Gasteiger charge is -2.07. The molecule has 0 spiro atoms. The lowest BCUT2D eigenvalue weighted by Crippen LogP contribution is -2.28. The summed E-state index contributed by atoms with van der Waals surface area (Å²) in [5.74, 6) is 0.189. The molecule has 1 N–H and O–H groups in total. The second kappa shape index (κ2) is 10.4. The Morgan fingerprint density at radius 1 is 0.967 bits per heavy atom. The Morgan fingerprint density at radius 3 is 2.47 bits per heavy atom. The third-order valence-electron chi connectivity index (χ3n) is 4.66. The predicted molar refractivity (Wildman–Crippen MR) is 109 cm³/mol. The Hall–Kier alpha value is -3.35. The van der Waals surface area contributed by atoms with Gasteiger partial charge in [0.2, 0.25) is 6.79 Å². The van der Waals surface area contributed by atoms with Crippen molar-refractivity contribution in [1.82, 2.24) is 5.32 Å². The first-order chi connectivity index (χ1) is 14.5. The Bertz CT molecular complexity index is 906. The van der Waals surface area contributed by atoms with Crippen molar-refractivity contribution < 1.29 is 28.6 Å². The van der Waals surface area contributed by atoms with Crippen LogP contribution >= 0.6 is 0 Å². The van der Waals surface area contributed by atoms with E-state index in [1.54, 1.807) is 24.3 Å².